The van der Waals surface area contributed by atoms with Gasteiger partial charge in [0.25, 0.3) is 0 Å². The number of phenolic OH excluding ortho intramolecular Hbond substituents is 1. The molecule has 0 saturated carbocycles. The van der Waals surface area contributed by atoms with E-state index in [1.807, 2.05) is 24.3 Å². The summed E-state index contributed by atoms with van der Waals surface area (Å²) in [6.45, 7) is 1.31. The van der Waals surface area contributed by atoms with Gasteiger partial charge in [-0.05, 0) is 54.3 Å². The van der Waals surface area contributed by atoms with Gasteiger partial charge in [-0.15, -0.1) is 0 Å². The summed E-state index contributed by atoms with van der Waals surface area (Å²) >= 11 is 3.51. The average molecular weight is 414 g/mol. The average Bonchev–Trinajstić information content (AvgIpc) is 3.04. The second-order valence-electron chi connectivity index (χ2n) is 6.69. The van der Waals surface area contributed by atoms with Crippen LogP contribution >= 0.6 is 15.9 Å². The van der Waals surface area contributed by atoms with Gasteiger partial charge in [-0.1, -0.05) is 28.1 Å². The lowest BCUT2D eigenvalue weighted by atomic mass is 10.1. The Labute approximate surface area is 160 Å². The molecular formula is C20H20BrN3O2. The molecular weight excluding hydrogens is 394 g/mol. The van der Waals surface area contributed by atoms with E-state index in [1.54, 1.807) is 12.1 Å². The maximum absolute atomic E-state index is 12.7. The van der Waals surface area contributed by atoms with Crippen LogP contribution in [0.3, 0.4) is 0 Å². The monoisotopic (exact) mass is 413 g/mol. The molecule has 1 amide bonds. The molecule has 0 unspecified atom stereocenters. The third-order valence-corrected chi connectivity index (χ3v) is 5.43. The smallest absolute Gasteiger partial charge is 0.242 e. The van der Waals surface area contributed by atoms with Crippen LogP contribution in [0.5, 0.6) is 5.75 Å². The molecule has 2 aromatic carbocycles. The zero-order valence-corrected chi connectivity index (χ0v) is 15.9. The highest BCUT2D eigenvalue weighted by Crippen LogP contribution is 2.34. The van der Waals surface area contributed by atoms with Crippen LogP contribution in [0.4, 0.5) is 5.69 Å². The Balaban J connectivity index is 1.38. The number of aromatic hydroxyl groups is 1. The molecule has 134 valence electrons. The van der Waals surface area contributed by atoms with Crippen molar-refractivity contribution in [2.75, 3.05) is 6.54 Å². The first kappa shape index (κ1) is 17.1. The van der Waals surface area contributed by atoms with Gasteiger partial charge in [-0.25, -0.2) is 4.99 Å². The lowest BCUT2D eigenvalue weighted by Gasteiger charge is -2.30. The van der Waals surface area contributed by atoms with Crippen LogP contribution in [0.1, 0.15) is 24.0 Å². The number of carbonyl (C=O) groups excluding carboxylic acids is 1. The van der Waals surface area contributed by atoms with Crippen LogP contribution in [0.15, 0.2) is 51.9 Å². The molecule has 0 spiro atoms. The van der Waals surface area contributed by atoms with Crippen LogP contribution in [0.2, 0.25) is 0 Å². The van der Waals surface area contributed by atoms with Gasteiger partial charge in [0, 0.05) is 24.0 Å². The van der Waals surface area contributed by atoms with Crippen molar-refractivity contribution in [1.29, 1.82) is 0 Å². The number of halogens is 1. The topological polar surface area (TPSA) is 64.9 Å². The Bertz CT molecular complexity index is 864. The second kappa shape index (κ2) is 7.11. The Hall–Kier alpha value is -2.34. The first-order valence-corrected chi connectivity index (χ1v) is 9.58. The lowest BCUT2D eigenvalue weighted by Crippen LogP contribution is -2.45. The van der Waals surface area contributed by atoms with E-state index in [2.05, 4.69) is 32.2 Å². The normalized spacial score (nSPS) is 18.1. The summed E-state index contributed by atoms with van der Waals surface area (Å²) in [5.74, 6) is 1.33. The van der Waals surface area contributed by atoms with Crippen LogP contribution in [-0.4, -0.2) is 34.3 Å². The minimum absolute atomic E-state index is 0.0624. The molecule has 1 saturated heterocycles. The zero-order valence-electron chi connectivity index (χ0n) is 14.3. The minimum atomic E-state index is -0.152. The molecule has 0 aliphatic carbocycles. The molecule has 5 nitrogen and oxygen atoms in total. The zero-order chi connectivity index (χ0) is 18.1. The van der Waals surface area contributed by atoms with Crippen molar-refractivity contribution >= 4 is 33.4 Å². The number of phenols is 1. The highest BCUT2D eigenvalue weighted by molar-refractivity contribution is 9.10. The van der Waals surface area contributed by atoms with Crippen LogP contribution < -0.4 is 5.32 Å². The number of hydrogen-bond acceptors (Lipinski definition) is 4. The summed E-state index contributed by atoms with van der Waals surface area (Å²) in [4.78, 5) is 19.5. The SMILES string of the molecule is O=C(NCCc1ccc(O)cc1)[C@@H]1CCC2=Nc3ccc(Br)cc3CN21. The summed E-state index contributed by atoms with van der Waals surface area (Å²) in [6, 6.07) is 13.0. The van der Waals surface area contributed by atoms with Crippen molar-refractivity contribution in [3.05, 3.63) is 58.1 Å². The molecule has 26 heavy (non-hydrogen) atoms. The first-order chi connectivity index (χ1) is 12.6. The van der Waals surface area contributed by atoms with Crippen molar-refractivity contribution in [1.82, 2.24) is 10.2 Å². The number of fused-ring (bicyclic) bond motifs is 2. The summed E-state index contributed by atoms with van der Waals surface area (Å²) in [5, 5.41) is 12.4. The van der Waals surface area contributed by atoms with E-state index in [-0.39, 0.29) is 17.7 Å². The van der Waals surface area contributed by atoms with E-state index in [0.717, 1.165) is 52.9 Å². The van der Waals surface area contributed by atoms with E-state index in [9.17, 15) is 9.90 Å². The Morgan fingerprint density at radius 2 is 2.08 bits per heavy atom. The van der Waals surface area contributed by atoms with Crippen LogP contribution in [0.25, 0.3) is 0 Å². The van der Waals surface area contributed by atoms with E-state index < -0.39 is 0 Å². The fourth-order valence-electron chi connectivity index (χ4n) is 3.56. The number of hydrogen-bond donors (Lipinski definition) is 2. The van der Waals surface area contributed by atoms with Gasteiger partial charge >= 0.3 is 0 Å². The molecule has 0 aromatic heterocycles. The highest BCUT2D eigenvalue weighted by atomic mass is 79.9. The van der Waals surface area contributed by atoms with Gasteiger partial charge in [0.2, 0.25) is 5.91 Å². The minimum Gasteiger partial charge on any atom is -0.508 e. The van der Waals surface area contributed by atoms with Crippen LogP contribution in [0, 0.1) is 0 Å². The quantitative estimate of drug-likeness (QED) is 0.805. The van der Waals surface area contributed by atoms with E-state index in [4.69, 9.17) is 4.99 Å². The molecule has 2 aliphatic heterocycles. The first-order valence-electron chi connectivity index (χ1n) is 8.78. The predicted molar refractivity (Wildman–Crippen MR) is 105 cm³/mol. The lowest BCUT2D eigenvalue weighted by molar-refractivity contribution is -0.124. The van der Waals surface area contributed by atoms with E-state index >= 15 is 0 Å². The number of carbonyl (C=O) groups is 1. The van der Waals surface area contributed by atoms with E-state index in [0.29, 0.717) is 6.54 Å². The molecule has 1 fully saturated rings. The van der Waals surface area contributed by atoms with Crippen molar-refractivity contribution in [3.8, 4) is 5.75 Å². The van der Waals surface area contributed by atoms with Crippen molar-refractivity contribution in [2.24, 2.45) is 4.99 Å². The van der Waals surface area contributed by atoms with Gasteiger partial charge in [-0.2, -0.15) is 0 Å². The van der Waals surface area contributed by atoms with Gasteiger partial charge < -0.3 is 15.3 Å². The maximum atomic E-state index is 12.7. The van der Waals surface area contributed by atoms with Gasteiger partial charge in [0.05, 0.1) is 5.69 Å². The third-order valence-electron chi connectivity index (χ3n) is 4.93. The molecule has 2 heterocycles. The fraction of sp³-hybridized carbons (Fsp3) is 0.300. The largest absolute Gasteiger partial charge is 0.508 e. The fourth-order valence-corrected chi connectivity index (χ4v) is 3.97. The molecule has 2 aromatic rings. The molecule has 0 bridgehead atoms. The Morgan fingerprint density at radius 1 is 1.27 bits per heavy atom. The van der Waals surface area contributed by atoms with Crippen molar-refractivity contribution in [2.45, 2.75) is 31.8 Å². The van der Waals surface area contributed by atoms with Gasteiger partial charge in [0.15, 0.2) is 0 Å². The summed E-state index contributed by atoms with van der Waals surface area (Å²) < 4.78 is 1.03. The maximum Gasteiger partial charge on any atom is 0.242 e. The third kappa shape index (κ3) is 3.46. The van der Waals surface area contributed by atoms with E-state index in [1.165, 1.54) is 0 Å². The number of amidine groups is 1. The molecule has 0 radical (unpaired) electrons. The predicted octanol–water partition coefficient (Wildman–Crippen LogP) is 3.52. The molecule has 1 atom stereocenters. The number of rotatable bonds is 4. The van der Waals surface area contributed by atoms with Crippen molar-refractivity contribution < 1.29 is 9.90 Å². The highest BCUT2D eigenvalue weighted by Gasteiger charge is 2.36. The Kier molecular flexibility index (Phi) is 4.68. The number of nitrogens with zero attached hydrogens (tertiary/aromatic N) is 2. The molecule has 2 N–H and O–H groups in total. The Morgan fingerprint density at radius 3 is 2.88 bits per heavy atom. The molecule has 4 rings (SSSR count). The number of benzene rings is 2. The molecule has 6 heteroatoms. The second-order valence-corrected chi connectivity index (χ2v) is 7.61. The van der Waals surface area contributed by atoms with Crippen LogP contribution in [-0.2, 0) is 17.8 Å². The standard InChI is InChI=1S/C20H20BrN3O2/c21-15-3-6-17-14(11-15)12-24-18(7-8-19(24)23-17)20(26)22-10-9-13-1-4-16(25)5-2-13/h1-6,11,18,25H,7-10,12H2,(H,22,26)/t18-/m0/s1. The number of amides is 1. The van der Waals surface area contributed by atoms with Gasteiger partial charge in [-0.3, -0.25) is 4.79 Å². The van der Waals surface area contributed by atoms with Crippen molar-refractivity contribution in [3.63, 3.8) is 0 Å². The van der Waals surface area contributed by atoms with Gasteiger partial charge in [0.1, 0.15) is 17.6 Å². The summed E-state index contributed by atoms with van der Waals surface area (Å²) in [7, 11) is 0. The number of nitrogens with one attached hydrogen (secondary N) is 1. The molecule has 2 aliphatic rings. The number of aliphatic imine (C=N–C) groups is 1. The summed E-state index contributed by atoms with van der Waals surface area (Å²) in [6.07, 6.45) is 2.39. The summed E-state index contributed by atoms with van der Waals surface area (Å²) in [5.41, 5.74) is 3.24.